The molecule has 0 spiro atoms. The Morgan fingerprint density at radius 3 is 2.67 bits per heavy atom. The minimum atomic E-state index is -0.838. The van der Waals surface area contributed by atoms with Crippen molar-refractivity contribution in [1.82, 2.24) is 4.90 Å². The van der Waals surface area contributed by atoms with E-state index in [-0.39, 0.29) is 11.5 Å². The summed E-state index contributed by atoms with van der Waals surface area (Å²) in [5, 5.41) is 8.74. The summed E-state index contributed by atoms with van der Waals surface area (Å²) in [6.45, 7) is 5.13. The second-order valence-corrected chi connectivity index (χ2v) is 4.09. The fraction of sp³-hybridized carbons (Fsp3) is 0.875. The first-order chi connectivity index (χ1) is 5.43. The van der Waals surface area contributed by atoms with Crippen LogP contribution in [-0.2, 0) is 0 Å². The van der Waals surface area contributed by atoms with Crippen LogP contribution in [0.1, 0.15) is 20.3 Å². The quantitative estimate of drug-likeness (QED) is 0.566. The molecule has 1 amide bonds. The molecular weight excluding hydrogens is 156 g/mol. The van der Waals surface area contributed by atoms with Gasteiger partial charge in [-0.2, -0.15) is 0 Å². The summed E-state index contributed by atoms with van der Waals surface area (Å²) in [5.74, 6) is 0. The fourth-order valence-electron chi connectivity index (χ4n) is 1.54. The van der Waals surface area contributed by atoms with Crippen molar-refractivity contribution in [3.8, 4) is 0 Å². The largest absolute Gasteiger partial charge is 0.465 e. The number of nitrogens with zero attached hydrogens (tertiary/aromatic N) is 1. The van der Waals surface area contributed by atoms with Gasteiger partial charge in [0.2, 0.25) is 0 Å². The minimum Gasteiger partial charge on any atom is -0.465 e. The van der Waals surface area contributed by atoms with Crippen LogP contribution in [0, 0.1) is 5.41 Å². The third-order valence-corrected chi connectivity index (χ3v) is 2.58. The van der Waals surface area contributed by atoms with E-state index in [0.29, 0.717) is 13.1 Å². The van der Waals surface area contributed by atoms with Crippen LogP contribution < -0.4 is 5.73 Å². The molecule has 0 aromatic heterocycles. The molecule has 1 aliphatic heterocycles. The average Bonchev–Trinajstić information content (AvgIpc) is 1.94. The van der Waals surface area contributed by atoms with E-state index in [4.69, 9.17) is 10.8 Å². The maximum atomic E-state index is 10.6. The molecule has 1 rings (SSSR count). The molecule has 1 saturated heterocycles. The molecule has 12 heavy (non-hydrogen) atoms. The number of likely N-dealkylation sites (tertiary alicyclic amines) is 1. The van der Waals surface area contributed by atoms with E-state index in [1.807, 2.05) is 13.8 Å². The van der Waals surface area contributed by atoms with Crippen molar-refractivity contribution in [1.29, 1.82) is 0 Å². The number of carbonyl (C=O) groups is 1. The van der Waals surface area contributed by atoms with E-state index < -0.39 is 6.09 Å². The molecular formula is C8H16N2O2. The molecule has 1 atom stereocenters. The van der Waals surface area contributed by atoms with Gasteiger partial charge in [0.05, 0.1) is 0 Å². The van der Waals surface area contributed by atoms with Gasteiger partial charge in [-0.05, 0) is 11.8 Å². The molecule has 70 valence electrons. The van der Waals surface area contributed by atoms with E-state index in [9.17, 15) is 4.79 Å². The lowest BCUT2D eigenvalue weighted by Gasteiger charge is -2.41. The third-order valence-electron chi connectivity index (χ3n) is 2.58. The molecule has 0 aliphatic carbocycles. The van der Waals surface area contributed by atoms with E-state index >= 15 is 0 Å². The molecule has 3 N–H and O–H groups in total. The van der Waals surface area contributed by atoms with Gasteiger partial charge in [-0.3, -0.25) is 0 Å². The summed E-state index contributed by atoms with van der Waals surface area (Å²) in [4.78, 5) is 12.1. The summed E-state index contributed by atoms with van der Waals surface area (Å²) >= 11 is 0. The van der Waals surface area contributed by atoms with Crippen molar-refractivity contribution >= 4 is 6.09 Å². The number of carboxylic acid groups (broad SMARTS) is 1. The predicted octanol–water partition coefficient (Wildman–Crippen LogP) is 0.724. The maximum absolute atomic E-state index is 10.6. The van der Waals surface area contributed by atoms with E-state index in [1.165, 1.54) is 4.90 Å². The zero-order valence-electron chi connectivity index (χ0n) is 7.58. The van der Waals surface area contributed by atoms with Crippen molar-refractivity contribution in [3.05, 3.63) is 0 Å². The fourth-order valence-corrected chi connectivity index (χ4v) is 1.54. The minimum absolute atomic E-state index is 0.0867. The Labute approximate surface area is 72.3 Å². The van der Waals surface area contributed by atoms with Crippen molar-refractivity contribution in [2.24, 2.45) is 11.1 Å². The highest BCUT2D eigenvalue weighted by atomic mass is 16.4. The molecule has 1 fully saturated rings. The number of rotatable bonds is 0. The lowest BCUT2D eigenvalue weighted by Crippen LogP contribution is -2.53. The Morgan fingerprint density at radius 1 is 1.67 bits per heavy atom. The van der Waals surface area contributed by atoms with Crippen LogP contribution in [0.25, 0.3) is 0 Å². The van der Waals surface area contributed by atoms with Gasteiger partial charge in [-0.1, -0.05) is 13.8 Å². The molecule has 0 aromatic rings. The monoisotopic (exact) mass is 172 g/mol. The van der Waals surface area contributed by atoms with Gasteiger partial charge in [0, 0.05) is 19.1 Å². The Bertz CT molecular complexity index is 191. The maximum Gasteiger partial charge on any atom is 0.407 e. The first-order valence-electron chi connectivity index (χ1n) is 4.17. The summed E-state index contributed by atoms with van der Waals surface area (Å²) in [7, 11) is 0. The first kappa shape index (κ1) is 9.32. The van der Waals surface area contributed by atoms with Crippen molar-refractivity contribution in [2.75, 3.05) is 13.1 Å². The standard InChI is InChI=1S/C8H16N2O2/c1-8(2)5-10(7(11)12)4-3-6(8)9/h6H,3-5,9H2,1-2H3,(H,11,12)/t6-/m1/s1. The highest BCUT2D eigenvalue weighted by Crippen LogP contribution is 2.27. The smallest absolute Gasteiger partial charge is 0.407 e. The van der Waals surface area contributed by atoms with Crippen LogP contribution in [0.3, 0.4) is 0 Å². The van der Waals surface area contributed by atoms with Gasteiger partial charge in [0.1, 0.15) is 0 Å². The molecule has 1 heterocycles. The summed E-state index contributed by atoms with van der Waals surface area (Å²) in [6.07, 6.45) is -0.0748. The van der Waals surface area contributed by atoms with Crippen LogP contribution in [0.15, 0.2) is 0 Å². The second-order valence-electron chi connectivity index (χ2n) is 4.09. The van der Waals surface area contributed by atoms with E-state index in [1.54, 1.807) is 0 Å². The summed E-state index contributed by atoms with van der Waals surface area (Å²) in [6, 6.07) is 0.119. The molecule has 0 saturated carbocycles. The molecule has 0 radical (unpaired) electrons. The first-order valence-corrected chi connectivity index (χ1v) is 4.17. The molecule has 4 heteroatoms. The van der Waals surface area contributed by atoms with Crippen LogP contribution in [0.4, 0.5) is 4.79 Å². The Morgan fingerprint density at radius 2 is 2.25 bits per heavy atom. The molecule has 0 bridgehead atoms. The number of amides is 1. The highest BCUT2D eigenvalue weighted by molar-refractivity contribution is 5.65. The Hall–Kier alpha value is -0.770. The van der Waals surface area contributed by atoms with Gasteiger partial charge in [-0.15, -0.1) is 0 Å². The molecule has 0 unspecified atom stereocenters. The summed E-state index contributed by atoms with van der Waals surface area (Å²) in [5.41, 5.74) is 5.77. The van der Waals surface area contributed by atoms with Gasteiger partial charge in [0.25, 0.3) is 0 Å². The lowest BCUT2D eigenvalue weighted by atomic mass is 9.80. The summed E-state index contributed by atoms with van der Waals surface area (Å²) < 4.78 is 0. The normalized spacial score (nSPS) is 28.6. The predicted molar refractivity (Wildman–Crippen MR) is 46.0 cm³/mol. The zero-order valence-corrected chi connectivity index (χ0v) is 7.58. The van der Waals surface area contributed by atoms with Crippen LogP contribution >= 0.6 is 0 Å². The highest BCUT2D eigenvalue weighted by Gasteiger charge is 2.35. The molecule has 0 aromatic carbocycles. The number of hydrogen-bond donors (Lipinski definition) is 2. The zero-order chi connectivity index (χ0) is 9.35. The molecule has 1 aliphatic rings. The number of hydrogen-bond acceptors (Lipinski definition) is 2. The van der Waals surface area contributed by atoms with E-state index in [2.05, 4.69) is 0 Å². The SMILES string of the molecule is CC1(C)CN(C(=O)O)CC[C@H]1N. The van der Waals surface area contributed by atoms with Crippen LogP contribution in [0.5, 0.6) is 0 Å². The van der Waals surface area contributed by atoms with Gasteiger partial charge < -0.3 is 15.7 Å². The van der Waals surface area contributed by atoms with Gasteiger partial charge in [0.15, 0.2) is 0 Å². The van der Waals surface area contributed by atoms with Crippen LogP contribution in [-0.4, -0.2) is 35.2 Å². The molecule has 4 nitrogen and oxygen atoms in total. The number of piperidine rings is 1. The third kappa shape index (κ3) is 1.69. The van der Waals surface area contributed by atoms with Crippen LogP contribution in [0.2, 0.25) is 0 Å². The Kier molecular flexibility index (Phi) is 2.28. The Balaban J connectivity index is 2.63. The second kappa shape index (κ2) is 2.94. The van der Waals surface area contributed by atoms with Crippen molar-refractivity contribution < 1.29 is 9.90 Å². The number of nitrogens with two attached hydrogens (primary N) is 1. The lowest BCUT2D eigenvalue weighted by molar-refractivity contribution is 0.0822. The van der Waals surface area contributed by atoms with Gasteiger partial charge in [-0.25, -0.2) is 4.79 Å². The van der Waals surface area contributed by atoms with Crippen molar-refractivity contribution in [2.45, 2.75) is 26.3 Å². The van der Waals surface area contributed by atoms with E-state index in [0.717, 1.165) is 6.42 Å². The van der Waals surface area contributed by atoms with Crippen molar-refractivity contribution in [3.63, 3.8) is 0 Å². The topological polar surface area (TPSA) is 66.6 Å². The average molecular weight is 172 g/mol. The van der Waals surface area contributed by atoms with Gasteiger partial charge >= 0.3 is 6.09 Å².